The van der Waals surface area contributed by atoms with E-state index in [0.29, 0.717) is 38.1 Å². The minimum Gasteiger partial charge on any atom is -0.458 e. The van der Waals surface area contributed by atoms with Gasteiger partial charge in [0.1, 0.15) is 29.6 Å². The van der Waals surface area contributed by atoms with Gasteiger partial charge in [-0.25, -0.2) is 0 Å². The molecule has 3 saturated carbocycles. The Balaban J connectivity index is 1.07. The number of hydrogen-bond donors (Lipinski definition) is 0. The van der Waals surface area contributed by atoms with Crippen LogP contribution in [0.5, 0.6) is 0 Å². The first-order valence-electron chi connectivity index (χ1n) is 13.9. The molecule has 7 rings (SSSR count). The van der Waals surface area contributed by atoms with E-state index in [9.17, 15) is 14.4 Å². The first-order valence-corrected chi connectivity index (χ1v) is 13.9. The van der Waals surface area contributed by atoms with Crippen LogP contribution >= 0.6 is 0 Å². The van der Waals surface area contributed by atoms with Crippen molar-refractivity contribution in [1.29, 1.82) is 0 Å². The van der Waals surface area contributed by atoms with Gasteiger partial charge in [0.15, 0.2) is 12.2 Å². The lowest BCUT2D eigenvalue weighted by molar-refractivity contribution is -0.178. The lowest BCUT2D eigenvalue weighted by Crippen LogP contribution is -2.51. The summed E-state index contributed by atoms with van der Waals surface area (Å²) in [5, 5.41) is 0. The van der Waals surface area contributed by atoms with Gasteiger partial charge in [-0.1, -0.05) is 13.8 Å². The monoisotopic (exact) mass is 503 g/mol. The third kappa shape index (κ3) is 3.41. The van der Waals surface area contributed by atoms with E-state index in [4.69, 9.17) is 23.7 Å². The summed E-state index contributed by atoms with van der Waals surface area (Å²) >= 11 is 0. The lowest BCUT2D eigenvalue weighted by Gasteiger charge is -2.37. The van der Waals surface area contributed by atoms with E-state index in [0.717, 1.165) is 24.7 Å². The Bertz CT molecular complexity index is 928. The number of nitrogens with zero attached hydrogens (tertiary/aromatic N) is 1. The fourth-order valence-corrected chi connectivity index (χ4v) is 8.86. The molecule has 0 aromatic rings. The fraction of sp³-hybridized carbons (Fsp3) is 0.889. The predicted molar refractivity (Wildman–Crippen MR) is 123 cm³/mol. The smallest absolute Gasteiger partial charge is 0.320 e. The number of esters is 3. The van der Waals surface area contributed by atoms with Crippen LogP contribution in [-0.2, 0) is 38.1 Å². The summed E-state index contributed by atoms with van der Waals surface area (Å²) in [5.41, 5.74) is -0.500. The summed E-state index contributed by atoms with van der Waals surface area (Å²) in [6.45, 7) is 6.92. The van der Waals surface area contributed by atoms with E-state index in [1.807, 2.05) is 4.90 Å². The van der Waals surface area contributed by atoms with Gasteiger partial charge in [0.25, 0.3) is 0 Å². The van der Waals surface area contributed by atoms with Crippen molar-refractivity contribution in [3.8, 4) is 0 Å². The van der Waals surface area contributed by atoms with Crippen molar-refractivity contribution in [2.24, 2.45) is 41.4 Å². The Morgan fingerprint density at radius 3 is 2.42 bits per heavy atom. The number of carbonyl (C=O) groups is 3. The molecule has 10 atom stereocenters. The van der Waals surface area contributed by atoms with Crippen molar-refractivity contribution in [2.75, 3.05) is 32.8 Å². The molecule has 9 nitrogen and oxygen atoms in total. The Morgan fingerprint density at radius 2 is 1.75 bits per heavy atom. The normalized spacial score (nSPS) is 48.5. The van der Waals surface area contributed by atoms with Crippen LogP contribution in [-0.4, -0.2) is 85.7 Å². The second kappa shape index (κ2) is 8.40. The Labute approximate surface area is 211 Å². The molecule has 0 aromatic carbocycles. The van der Waals surface area contributed by atoms with Gasteiger partial charge in [0, 0.05) is 13.1 Å². The summed E-state index contributed by atoms with van der Waals surface area (Å²) in [6.07, 6.45) is 3.09. The van der Waals surface area contributed by atoms with Crippen molar-refractivity contribution in [1.82, 2.24) is 4.90 Å². The Hall–Kier alpha value is -1.71. The topological polar surface area (TPSA) is 101 Å². The van der Waals surface area contributed by atoms with Crippen LogP contribution in [0.25, 0.3) is 0 Å². The highest BCUT2D eigenvalue weighted by Crippen LogP contribution is 2.63. The SMILES string of the molecule is CC(C)C1(OC(=O)C2C3OC4C(OC(=O)C42)C3OC(=O)CN2CCOCC2)CC2C3CCC(C3)C2C1. The average molecular weight is 504 g/mol. The van der Waals surface area contributed by atoms with Crippen LogP contribution < -0.4 is 0 Å². The van der Waals surface area contributed by atoms with Gasteiger partial charge >= 0.3 is 17.9 Å². The number of fused-ring (bicyclic) bond motifs is 6. The summed E-state index contributed by atoms with van der Waals surface area (Å²) in [6, 6.07) is 0. The molecule has 4 aliphatic heterocycles. The van der Waals surface area contributed by atoms with Crippen molar-refractivity contribution in [3.63, 3.8) is 0 Å². The van der Waals surface area contributed by atoms with Crippen molar-refractivity contribution < 1.29 is 38.1 Å². The molecule has 0 amide bonds. The van der Waals surface area contributed by atoms with Gasteiger partial charge in [-0.2, -0.15) is 0 Å². The van der Waals surface area contributed by atoms with Crippen LogP contribution in [0.15, 0.2) is 0 Å². The molecule has 9 heteroatoms. The zero-order valence-electron chi connectivity index (χ0n) is 21.1. The van der Waals surface area contributed by atoms with E-state index in [1.165, 1.54) is 19.3 Å². The second-order valence-corrected chi connectivity index (χ2v) is 12.6. The third-order valence-corrected chi connectivity index (χ3v) is 10.7. The minimum atomic E-state index is -0.796. The standard InChI is InChI=1S/C27H37NO8/c1-13(2)27(10-16-14-3-4-15(9-14)17(16)11-27)36-26(31)20-19-21-24(35-25(19)30)23(22(20)34-21)33-18(29)12-28-5-7-32-8-6-28/h13-17,19-24H,3-12H2,1-2H3. The quantitative estimate of drug-likeness (QED) is 0.395. The zero-order valence-corrected chi connectivity index (χ0v) is 21.1. The van der Waals surface area contributed by atoms with E-state index < -0.39 is 53.8 Å². The summed E-state index contributed by atoms with van der Waals surface area (Å²) < 4.78 is 29.3. The second-order valence-electron chi connectivity index (χ2n) is 12.6. The van der Waals surface area contributed by atoms with Gasteiger partial charge in [0.05, 0.1) is 19.8 Å². The molecule has 7 aliphatic rings. The minimum absolute atomic E-state index is 0.137. The molecule has 4 heterocycles. The summed E-state index contributed by atoms with van der Waals surface area (Å²) in [7, 11) is 0. The highest BCUT2D eigenvalue weighted by molar-refractivity contribution is 5.87. The van der Waals surface area contributed by atoms with Crippen LogP contribution in [0.4, 0.5) is 0 Å². The molecule has 10 unspecified atom stereocenters. The number of carbonyl (C=O) groups excluding carboxylic acids is 3. The number of morpholine rings is 1. The highest BCUT2D eigenvalue weighted by atomic mass is 16.7. The van der Waals surface area contributed by atoms with Gasteiger partial charge in [-0.05, 0) is 61.7 Å². The molecule has 4 saturated heterocycles. The molecule has 0 aromatic heterocycles. The van der Waals surface area contributed by atoms with Crippen molar-refractivity contribution in [2.45, 2.75) is 76.0 Å². The molecule has 0 radical (unpaired) electrons. The Morgan fingerprint density at radius 1 is 1.06 bits per heavy atom. The zero-order chi connectivity index (χ0) is 24.8. The summed E-state index contributed by atoms with van der Waals surface area (Å²) in [4.78, 5) is 41.3. The van der Waals surface area contributed by atoms with Gasteiger partial charge < -0.3 is 23.7 Å². The molecule has 0 N–H and O–H groups in total. The van der Waals surface area contributed by atoms with Crippen LogP contribution in [0.1, 0.15) is 46.0 Å². The van der Waals surface area contributed by atoms with Crippen molar-refractivity contribution >= 4 is 17.9 Å². The maximum absolute atomic E-state index is 13.8. The maximum Gasteiger partial charge on any atom is 0.320 e. The third-order valence-electron chi connectivity index (χ3n) is 10.7. The first kappa shape index (κ1) is 23.4. The largest absolute Gasteiger partial charge is 0.458 e. The first-order chi connectivity index (χ1) is 17.3. The van der Waals surface area contributed by atoms with E-state index >= 15 is 0 Å². The fourth-order valence-electron chi connectivity index (χ4n) is 8.86. The molecule has 36 heavy (non-hydrogen) atoms. The molecular formula is C27H37NO8. The van der Waals surface area contributed by atoms with Gasteiger partial charge in [0.2, 0.25) is 0 Å². The number of hydrogen-bond acceptors (Lipinski definition) is 9. The molecule has 198 valence electrons. The molecular weight excluding hydrogens is 466 g/mol. The maximum atomic E-state index is 13.8. The molecule has 4 bridgehead atoms. The summed E-state index contributed by atoms with van der Waals surface area (Å²) in [5.74, 6) is 0.310. The van der Waals surface area contributed by atoms with Crippen LogP contribution in [0.3, 0.4) is 0 Å². The van der Waals surface area contributed by atoms with Gasteiger partial charge in [-0.15, -0.1) is 0 Å². The van der Waals surface area contributed by atoms with Crippen LogP contribution in [0.2, 0.25) is 0 Å². The van der Waals surface area contributed by atoms with Crippen molar-refractivity contribution in [3.05, 3.63) is 0 Å². The Kier molecular flexibility index (Phi) is 5.46. The molecule has 7 fully saturated rings. The lowest BCUT2D eigenvalue weighted by atomic mass is 9.78. The molecule has 3 aliphatic carbocycles. The van der Waals surface area contributed by atoms with E-state index in [2.05, 4.69) is 13.8 Å². The highest BCUT2D eigenvalue weighted by Gasteiger charge is 2.72. The number of ether oxygens (including phenoxy) is 5. The number of rotatable bonds is 6. The van der Waals surface area contributed by atoms with E-state index in [1.54, 1.807) is 0 Å². The van der Waals surface area contributed by atoms with Gasteiger partial charge in [-0.3, -0.25) is 19.3 Å². The average Bonchev–Trinajstić information content (AvgIpc) is 3.65. The molecule has 0 spiro atoms. The van der Waals surface area contributed by atoms with Crippen LogP contribution in [0, 0.1) is 41.4 Å². The predicted octanol–water partition coefficient (Wildman–Crippen LogP) is 1.56. The van der Waals surface area contributed by atoms with E-state index in [-0.39, 0.29) is 18.4 Å².